The first-order chi connectivity index (χ1) is 16.0. The number of fused-ring (bicyclic) bond motifs is 3. The monoisotopic (exact) mass is 488 g/mol. The van der Waals surface area contributed by atoms with Gasteiger partial charge in [0.1, 0.15) is 16.5 Å². The molecule has 7 rings (SSSR count). The molecule has 5 aliphatic rings. The number of hydrogen-bond acceptors (Lipinski definition) is 8. The van der Waals surface area contributed by atoms with Crippen LogP contribution in [0.4, 0.5) is 11.8 Å². The van der Waals surface area contributed by atoms with E-state index in [4.69, 9.17) is 21.6 Å². The molecule has 0 aromatic carbocycles. The first kappa shape index (κ1) is 21.7. The summed E-state index contributed by atoms with van der Waals surface area (Å²) in [5.74, 6) is 3.24. The Bertz CT molecular complexity index is 1060. The predicted molar refractivity (Wildman–Crippen MR) is 127 cm³/mol. The molecular weight excluding hydrogens is 460 g/mol. The third kappa shape index (κ3) is 3.82. The molecule has 2 aromatic rings. The lowest BCUT2D eigenvalue weighted by molar-refractivity contribution is 0.143. The fraction of sp³-hybridized carbons (Fsp3) is 0.652. The van der Waals surface area contributed by atoms with Crippen LogP contribution >= 0.6 is 11.6 Å². The summed E-state index contributed by atoms with van der Waals surface area (Å²) in [6.45, 7) is 0.0610. The Hall–Kier alpha value is -1.84. The maximum atomic E-state index is 13.1. The number of hydrogen-bond donors (Lipinski definition) is 2. The molecule has 2 saturated heterocycles. The summed E-state index contributed by atoms with van der Waals surface area (Å²) in [7, 11) is -1.12. The van der Waals surface area contributed by atoms with Gasteiger partial charge in [0.05, 0.1) is 33.7 Å². The van der Waals surface area contributed by atoms with Crippen molar-refractivity contribution >= 4 is 34.2 Å². The van der Waals surface area contributed by atoms with Crippen LogP contribution in [0.15, 0.2) is 17.3 Å². The van der Waals surface area contributed by atoms with Gasteiger partial charge in [-0.15, -0.1) is 0 Å². The van der Waals surface area contributed by atoms with Crippen molar-refractivity contribution in [2.45, 2.75) is 86.2 Å². The summed E-state index contributed by atoms with van der Waals surface area (Å²) in [5.41, 5.74) is 0.561. The SMILES string of the molecule is O=[S@]1CCCCc2nc(N3C4CC(c5ncc(Cl)cn5)CC3C4)nc(NC3(CO)CCC3)c21. The third-order valence-corrected chi connectivity index (χ3v) is 9.56. The molecule has 10 heteroatoms. The van der Waals surface area contributed by atoms with E-state index in [1.54, 1.807) is 12.4 Å². The van der Waals surface area contributed by atoms with Gasteiger partial charge in [-0.1, -0.05) is 11.6 Å². The number of aryl methyl sites for hydroxylation is 1. The van der Waals surface area contributed by atoms with Gasteiger partial charge in [0.25, 0.3) is 0 Å². The normalized spacial score (nSPS) is 29.9. The topological polar surface area (TPSA) is 104 Å². The van der Waals surface area contributed by atoms with Crippen molar-refractivity contribution in [2.24, 2.45) is 0 Å². The molecule has 33 heavy (non-hydrogen) atoms. The van der Waals surface area contributed by atoms with Gasteiger partial charge in [0, 0.05) is 36.1 Å². The Morgan fingerprint density at radius 3 is 2.55 bits per heavy atom. The molecule has 3 aliphatic heterocycles. The van der Waals surface area contributed by atoms with Crippen LogP contribution in [0.1, 0.15) is 68.8 Å². The minimum Gasteiger partial charge on any atom is -0.394 e. The first-order valence-electron chi connectivity index (χ1n) is 12.0. The second-order valence-corrected chi connectivity index (χ2v) is 11.9. The number of anilines is 2. The number of rotatable bonds is 5. The van der Waals surface area contributed by atoms with Crippen LogP contribution in [0.2, 0.25) is 5.02 Å². The number of halogens is 1. The van der Waals surface area contributed by atoms with Gasteiger partial charge in [-0.25, -0.2) is 15.0 Å². The zero-order valence-corrected chi connectivity index (χ0v) is 20.1. The minimum atomic E-state index is -1.12. The Labute approximate surface area is 201 Å². The van der Waals surface area contributed by atoms with Crippen molar-refractivity contribution < 1.29 is 9.32 Å². The van der Waals surface area contributed by atoms with Gasteiger partial charge in [-0.3, -0.25) is 4.21 Å². The minimum absolute atomic E-state index is 0.0610. The van der Waals surface area contributed by atoms with Gasteiger partial charge in [0.15, 0.2) is 0 Å². The second-order valence-electron chi connectivity index (χ2n) is 9.95. The maximum absolute atomic E-state index is 13.1. The van der Waals surface area contributed by atoms with E-state index < -0.39 is 10.8 Å². The second kappa shape index (κ2) is 8.43. The summed E-state index contributed by atoms with van der Waals surface area (Å²) in [4.78, 5) is 21.9. The molecule has 2 aliphatic carbocycles. The van der Waals surface area contributed by atoms with Crippen LogP contribution in [0, 0.1) is 0 Å². The first-order valence-corrected chi connectivity index (χ1v) is 13.7. The van der Waals surface area contributed by atoms with E-state index in [-0.39, 0.29) is 12.1 Å². The zero-order chi connectivity index (χ0) is 22.6. The van der Waals surface area contributed by atoms with E-state index in [2.05, 4.69) is 20.2 Å². The molecule has 2 saturated carbocycles. The van der Waals surface area contributed by atoms with Crippen LogP contribution < -0.4 is 10.2 Å². The van der Waals surface area contributed by atoms with E-state index in [0.717, 1.165) is 80.1 Å². The lowest BCUT2D eigenvalue weighted by atomic mass is 9.73. The predicted octanol–water partition coefficient (Wildman–Crippen LogP) is 3.22. The average molecular weight is 489 g/mol. The van der Waals surface area contributed by atoms with Crippen molar-refractivity contribution in [3.63, 3.8) is 0 Å². The van der Waals surface area contributed by atoms with Gasteiger partial charge in [-0.05, 0) is 57.8 Å². The molecule has 0 spiro atoms. The summed E-state index contributed by atoms with van der Waals surface area (Å²) in [5, 5.41) is 14.1. The molecule has 0 radical (unpaired) electrons. The highest BCUT2D eigenvalue weighted by molar-refractivity contribution is 7.85. The molecule has 3 atom stereocenters. The molecule has 0 amide bonds. The van der Waals surface area contributed by atoms with E-state index in [1.807, 2.05) is 0 Å². The summed E-state index contributed by atoms with van der Waals surface area (Å²) >= 11 is 5.96. The third-order valence-electron chi connectivity index (χ3n) is 7.82. The van der Waals surface area contributed by atoms with Crippen LogP contribution in [-0.4, -0.2) is 59.2 Å². The molecule has 176 valence electrons. The fourth-order valence-corrected chi connectivity index (χ4v) is 7.33. The fourth-order valence-electron chi connectivity index (χ4n) is 5.84. The highest BCUT2D eigenvalue weighted by Crippen LogP contribution is 2.47. The molecule has 5 heterocycles. The quantitative estimate of drug-likeness (QED) is 0.661. The highest BCUT2D eigenvalue weighted by atomic mass is 35.5. The molecule has 8 nitrogen and oxygen atoms in total. The van der Waals surface area contributed by atoms with Gasteiger partial charge >= 0.3 is 0 Å². The van der Waals surface area contributed by atoms with E-state index in [1.165, 1.54) is 0 Å². The lowest BCUT2D eigenvalue weighted by Crippen LogP contribution is -2.61. The van der Waals surface area contributed by atoms with Crippen molar-refractivity contribution in [3.8, 4) is 0 Å². The van der Waals surface area contributed by atoms with Crippen LogP contribution in [0.5, 0.6) is 0 Å². The smallest absolute Gasteiger partial charge is 0.228 e. The molecule has 2 aromatic heterocycles. The number of piperidine rings is 1. The van der Waals surface area contributed by atoms with Gasteiger partial charge in [0.2, 0.25) is 5.95 Å². The maximum Gasteiger partial charge on any atom is 0.228 e. The number of aromatic nitrogens is 4. The Balaban J connectivity index is 1.31. The van der Waals surface area contributed by atoms with Crippen molar-refractivity contribution in [2.75, 3.05) is 22.6 Å². The van der Waals surface area contributed by atoms with E-state index in [9.17, 15) is 9.32 Å². The van der Waals surface area contributed by atoms with Crippen molar-refractivity contribution in [3.05, 3.63) is 28.9 Å². The van der Waals surface area contributed by atoms with Gasteiger partial charge in [-0.2, -0.15) is 4.98 Å². The number of aliphatic hydroxyl groups is 1. The summed E-state index contributed by atoms with van der Waals surface area (Å²) < 4.78 is 13.1. The summed E-state index contributed by atoms with van der Waals surface area (Å²) in [6, 6.07) is 0.705. The van der Waals surface area contributed by atoms with Crippen LogP contribution in [-0.2, 0) is 17.2 Å². The van der Waals surface area contributed by atoms with Crippen LogP contribution in [0.3, 0.4) is 0 Å². The molecule has 2 unspecified atom stereocenters. The Kier molecular flexibility index (Phi) is 5.54. The zero-order valence-electron chi connectivity index (χ0n) is 18.5. The largest absolute Gasteiger partial charge is 0.394 e. The molecular formula is C23H29ClN6O2S. The standard InChI is InChI=1S/C23H29ClN6O2S/c24-15-11-25-20(26-12-15)14-8-16-10-17(9-14)30(16)22-27-18-4-1-2-7-33(32)19(18)21(28-22)29-23(13-31)5-3-6-23/h11-12,14,16-17,31H,1-10,13H2,(H,27,28,29)/t14?,16?,17?,33-/m0/s1. The molecule has 2 N–H and O–H groups in total. The van der Waals surface area contributed by atoms with E-state index >= 15 is 0 Å². The Morgan fingerprint density at radius 1 is 1.12 bits per heavy atom. The van der Waals surface area contributed by atoms with Gasteiger partial charge < -0.3 is 15.3 Å². The number of aliphatic hydroxyl groups excluding tert-OH is 1. The molecule has 4 fully saturated rings. The number of nitrogens with one attached hydrogen (secondary N) is 1. The van der Waals surface area contributed by atoms with E-state index in [0.29, 0.717) is 34.6 Å². The average Bonchev–Trinajstić information content (AvgIpc) is 2.98. The number of nitrogens with zero attached hydrogens (tertiary/aromatic N) is 5. The van der Waals surface area contributed by atoms with Crippen LogP contribution in [0.25, 0.3) is 0 Å². The Morgan fingerprint density at radius 2 is 1.88 bits per heavy atom. The van der Waals surface area contributed by atoms with Crippen molar-refractivity contribution in [1.82, 2.24) is 19.9 Å². The highest BCUT2D eigenvalue weighted by Gasteiger charge is 2.48. The molecule has 2 bridgehead atoms. The van der Waals surface area contributed by atoms with Crippen molar-refractivity contribution in [1.29, 1.82) is 0 Å². The summed E-state index contributed by atoms with van der Waals surface area (Å²) in [6.07, 6.45) is 12.0. The lowest BCUT2D eigenvalue weighted by Gasteiger charge is -2.55.